The van der Waals surface area contributed by atoms with Gasteiger partial charge in [-0.25, -0.2) is 0 Å². The maximum absolute atomic E-state index is 13.0. The normalized spacial score (nSPS) is 16.7. The molecule has 1 aliphatic heterocycles. The summed E-state index contributed by atoms with van der Waals surface area (Å²) >= 11 is 0. The summed E-state index contributed by atoms with van der Waals surface area (Å²) in [5.74, 6) is -0.216. The molecular weight excluding hydrogens is 340 g/mol. The third-order valence-electron chi connectivity index (χ3n) is 5.14. The van der Waals surface area contributed by atoms with Crippen LogP contribution in [-0.2, 0) is 22.7 Å². The highest BCUT2D eigenvalue weighted by atomic mass is 16.2. The summed E-state index contributed by atoms with van der Waals surface area (Å²) in [6.45, 7) is 0.894. The monoisotopic (exact) mass is 362 g/mol. The molecule has 0 N–H and O–H groups in total. The summed E-state index contributed by atoms with van der Waals surface area (Å²) in [5.41, 5.74) is 2.62. The molecule has 27 heavy (non-hydrogen) atoms. The second-order valence-electron chi connectivity index (χ2n) is 7.22. The van der Waals surface area contributed by atoms with Gasteiger partial charge in [-0.1, -0.05) is 42.5 Å². The van der Waals surface area contributed by atoms with Crippen molar-refractivity contribution in [1.82, 2.24) is 9.80 Å². The van der Waals surface area contributed by atoms with Crippen LogP contribution in [0.15, 0.2) is 54.6 Å². The molecule has 5 nitrogen and oxygen atoms in total. The van der Waals surface area contributed by atoms with Gasteiger partial charge in [-0.2, -0.15) is 0 Å². The summed E-state index contributed by atoms with van der Waals surface area (Å²) in [5, 5.41) is 0. The third kappa shape index (κ3) is 3.92. The smallest absolute Gasteiger partial charge is 0.254 e. The standard InChI is InChI=1S/C22H22N2O3/c25-20-12-13-21(26)24(20)15-17-6-8-18(9-7-17)22(27)23(19-10-11-19)14-16-4-2-1-3-5-16/h1-9,19H,10-15H2. The Hall–Kier alpha value is -2.95. The zero-order chi connectivity index (χ0) is 18.8. The van der Waals surface area contributed by atoms with Crippen molar-refractivity contribution in [3.63, 3.8) is 0 Å². The lowest BCUT2D eigenvalue weighted by Gasteiger charge is -2.23. The Kier molecular flexibility index (Phi) is 4.75. The Balaban J connectivity index is 1.46. The third-order valence-corrected chi connectivity index (χ3v) is 5.14. The number of rotatable bonds is 6. The molecule has 0 spiro atoms. The average Bonchev–Trinajstić information content (AvgIpc) is 3.49. The molecule has 0 unspecified atom stereocenters. The molecule has 2 fully saturated rings. The fourth-order valence-corrected chi connectivity index (χ4v) is 3.43. The molecule has 0 bridgehead atoms. The summed E-state index contributed by atoms with van der Waals surface area (Å²) < 4.78 is 0. The number of hydrogen-bond acceptors (Lipinski definition) is 3. The fourth-order valence-electron chi connectivity index (χ4n) is 3.43. The van der Waals surface area contributed by atoms with Crippen molar-refractivity contribution < 1.29 is 14.4 Å². The Labute approximate surface area is 158 Å². The second-order valence-corrected chi connectivity index (χ2v) is 7.22. The van der Waals surface area contributed by atoms with Gasteiger partial charge < -0.3 is 4.90 Å². The van der Waals surface area contributed by atoms with Gasteiger partial charge >= 0.3 is 0 Å². The fraction of sp³-hybridized carbons (Fsp3) is 0.318. The largest absolute Gasteiger partial charge is 0.331 e. The minimum absolute atomic E-state index is 0.0289. The Bertz CT molecular complexity index is 841. The van der Waals surface area contributed by atoms with Gasteiger partial charge in [0, 0.05) is 31.0 Å². The van der Waals surface area contributed by atoms with E-state index in [1.807, 2.05) is 47.4 Å². The summed E-state index contributed by atoms with van der Waals surface area (Å²) in [6, 6.07) is 17.6. The molecule has 5 heteroatoms. The van der Waals surface area contributed by atoms with Crippen molar-refractivity contribution >= 4 is 17.7 Å². The lowest BCUT2D eigenvalue weighted by atomic mass is 10.1. The molecule has 1 saturated heterocycles. The van der Waals surface area contributed by atoms with E-state index >= 15 is 0 Å². The van der Waals surface area contributed by atoms with E-state index in [4.69, 9.17) is 0 Å². The molecule has 4 rings (SSSR count). The number of carbonyl (C=O) groups excluding carboxylic acids is 3. The van der Waals surface area contributed by atoms with Crippen molar-refractivity contribution in [3.05, 3.63) is 71.3 Å². The highest BCUT2D eigenvalue weighted by Gasteiger charge is 2.33. The molecule has 2 aromatic carbocycles. The summed E-state index contributed by atoms with van der Waals surface area (Å²) in [4.78, 5) is 39.7. The molecule has 138 valence electrons. The van der Waals surface area contributed by atoms with Gasteiger partial charge in [0.15, 0.2) is 0 Å². The first-order chi connectivity index (χ1) is 13.1. The van der Waals surface area contributed by atoms with Crippen LogP contribution >= 0.6 is 0 Å². The van der Waals surface area contributed by atoms with Crippen LogP contribution in [0.3, 0.4) is 0 Å². The molecule has 3 amide bonds. The van der Waals surface area contributed by atoms with Gasteiger partial charge in [-0.05, 0) is 36.1 Å². The maximum Gasteiger partial charge on any atom is 0.254 e. The Morgan fingerprint density at radius 2 is 1.52 bits per heavy atom. The lowest BCUT2D eigenvalue weighted by molar-refractivity contribution is -0.139. The summed E-state index contributed by atoms with van der Waals surface area (Å²) in [7, 11) is 0. The van der Waals surface area contributed by atoms with Gasteiger partial charge in [-0.15, -0.1) is 0 Å². The maximum atomic E-state index is 13.0. The number of likely N-dealkylation sites (tertiary alicyclic amines) is 1. The minimum Gasteiger partial charge on any atom is -0.331 e. The number of carbonyl (C=O) groups is 3. The van der Waals surface area contributed by atoms with Gasteiger partial charge in [0.1, 0.15) is 0 Å². The van der Waals surface area contributed by atoms with E-state index in [2.05, 4.69) is 0 Å². The number of nitrogens with zero attached hydrogens (tertiary/aromatic N) is 2. The number of amides is 3. The van der Waals surface area contributed by atoms with Gasteiger partial charge in [0.25, 0.3) is 5.91 Å². The molecule has 0 aromatic heterocycles. The minimum atomic E-state index is -0.122. The average molecular weight is 362 g/mol. The quantitative estimate of drug-likeness (QED) is 0.742. The molecule has 2 aromatic rings. The zero-order valence-electron chi connectivity index (χ0n) is 15.1. The molecule has 1 aliphatic carbocycles. The molecule has 1 heterocycles. The van der Waals surface area contributed by atoms with E-state index in [0.717, 1.165) is 24.0 Å². The van der Waals surface area contributed by atoms with Crippen LogP contribution in [0.5, 0.6) is 0 Å². The van der Waals surface area contributed by atoms with Gasteiger partial charge in [-0.3, -0.25) is 19.3 Å². The lowest BCUT2D eigenvalue weighted by Crippen LogP contribution is -2.32. The van der Waals surface area contributed by atoms with E-state index < -0.39 is 0 Å². The van der Waals surface area contributed by atoms with E-state index in [-0.39, 0.29) is 24.3 Å². The van der Waals surface area contributed by atoms with E-state index in [1.165, 1.54) is 4.90 Å². The van der Waals surface area contributed by atoms with Crippen molar-refractivity contribution in [2.75, 3.05) is 0 Å². The number of imide groups is 1. The number of benzene rings is 2. The van der Waals surface area contributed by atoms with Crippen LogP contribution < -0.4 is 0 Å². The predicted molar refractivity (Wildman–Crippen MR) is 101 cm³/mol. The second kappa shape index (κ2) is 7.35. The predicted octanol–water partition coefficient (Wildman–Crippen LogP) is 3.14. The van der Waals surface area contributed by atoms with E-state index in [9.17, 15) is 14.4 Å². The van der Waals surface area contributed by atoms with Crippen molar-refractivity contribution in [2.45, 2.75) is 44.8 Å². The van der Waals surface area contributed by atoms with Crippen LogP contribution in [-0.4, -0.2) is 33.6 Å². The van der Waals surface area contributed by atoms with Crippen LogP contribution in [0.4, 0.5) is 0 Å². The van der Waals surface area contributed by atoms with Crippen molar-refractivity contribution in [1.29, 1.82) is 0 Å². The molecule has 1 saturated carbocycles. The van der Waals surface area contributed by atoms with Gasteiger partial charge in [0.05, 0.1) is 6.54 Å². The van der Waals surface area contributed by atoms with Crippen LogP contribution in [0, 0.1) is 0 Å². The SMILES string of the molecule is O=C1CCC(=O)N1Cc1ccc(C(=O)N(Cc2ccccc2)C2CC2)cc1. The first-order valence-corrected chi connectivity index (χ1v) is 9.39. The van der Waals surface area contributed by atoms with E-state index in [0.29, 0.717) is 31.0 Å². The molecule has 0 atom stereocenters. The molecule has 2 aliphatic rings. The first kappa shape index (κ1) is 17.5. The van der Waals surface area contributed by atoms with Crippen molar-refractivity contribution in [3.8, 4) is 0 Å². The van der Waals surface area contributed by atoms with E-state index in [1.54, 1.807) is 12.1 Å². The molecular formula is C22H22N2O3. The van der Waals surface area contributed by atoms with Crippen LogP contribution in [0.25, 0.3) is 0 Å². The van der Waals surface area contributed by atoms with Crippen molar-refractivity contribution in [2.24, 2.45) is 0 Å². The summed E-state index contributed by atoms with van der Waals surface area (Å²) in [6.07, 6.45) is 2.70. The topological polar surface area (TPSA) is 57.7 Å². The first-order valence-electron chi connectivity index (χ1n) is 9.39. The highest BCUT2D eigenvalue weighted by Crippen LogP contribution is 2.30. The number of hydrogen-bond donors (Lipinski definition) is 0. The highest BCUT2D eigenvalue weighted by molar-refractivity contribution is 6.01. The van der Waals surface area contributed by atoms with Crippen LogP contribution in [0.1, 0.15) is 47.2 Å². The van der Waals surface area contributed by atoms with Gasteiger partial charge in [0.2, 0.25) is 11.8 Å². The zero-order valence-corrected chi connectivity index (χ0v) is 15.1. The van der Waals surface area contributed by atoms with Crippen LogP contribution in [0.2, 0.25) is 0 Å². The Morgan fingerprint density at radius 1 is 0.889 bits per heavy atom. The molecule has 0 radical (unpaired) electrons. The Morgan fingerprint density at radius 3 is 2.11 bits per heavy atom.